The lowest BCUT2D eigenvalue weighted by molar-refractivity contribution is -0.165. The van der Waals surface area contributed by atoms with Gasteiger partial charge in [-0.1, -0.05) is 74.7 Å². The molecule has 302 valence electrons. The van der Waals surface area contributed by atoms with E-state index in [1.165, 1.54) is 0 Å². The number of ether oxygens (including phenoxy) is 6. The lowest BCUT2D eigenvalue weighted by Gasteiger charge is -2.26. The summed E-state index contributed by atoms with van der Waals surface area (Å²) >= 11 is 12.0. The second-order valence-electron chi connectivity index (χ2n) is 15.2. The molecule has 0 bridgehead atoms. The van der Waals surface area contributed by atoms with Crippen LogP contribution in [0.5, 0.6) is 11.5 Å². The van der Waals surface area contributed by atoms with E-state index in [9.17, 15) is 19.2 Å². The van der Waals surface area contributed by atoms with Crippen molar-refractivity contribution in [2.45, 2.75) is 144 Å². The van der Waals surface area contributed by atoms with Crippen LogP contribution < -0.4 is 9.47 Å². The first-order valence-corrected chi connectivity index (χ1v) is 19.1. The lowest BCUT2D eigenvalue weighted by atomic mass is 10.1. The molecule has 0 N–H and O–H groups in total. The maximum atomic E-state index is 12.4. The molecule has 0 aromatic heterocycles. The Balaban J connectivity index is 0.000000541. The summed E-state index contributed by atoms with van der Waals surface area (Å²) in [7, 11) is 0. The minimum Gasteiger partial charge on any atom is -0.487 e. The third-order valence-corrected chi connectivity index (χ3v) is 7.95. The highest BCUT2D eigenvalue weighted by Crippen LogP contribution is 2.29. The van der Waals surface area contributed by atoms with Gasteiger partial charge in [-0.3, -0.25) is 19.2 Å². The van der Waals surface area contributed by atoms with Crippen LogP contribution in [0.3, 0.4) is 0 Å². The fourth-order valence-corrected chi connectivity index (χ4v) is 5.23. The molecule has 0 saturated carbocycles. The van der Waals surface area contributed by atoms with E-state index in [0.29, 0.717) is 28.6 Å². The Kier molecular flexibility index (Phi) is 20.8. The zero-order valence-corrected chi connectivity index (χ0v) is 35.3. The summed E-state index contributed by atoms with van der Waals surface area (Å²) in [6.45, 7) is 23.4. The van der Waals surface area contributed by atoms with Crippen LogP contribution in [-0.2, 0) is 38.1 Å². The average molecular weight is 796 g/mol. The van der Waals surface area contributed by atoms with Gasteiger partial charge in [0.25, 0.3) is 0 Å². The zero-order valence-electron chi connectivity index (χ0n) is 33.7. The van der Waals surface area contributed by atoms with Gasteiger partial charge in [0.1, 0.15) is 47.1 Å². The van der Waals surface area contributed by atoms with E-state index in [1.807, 2.05) is 44.2 Å². The minimum atomic E-state index is -0.645. The molecule has 0 spiro atoms. The van der Waals surface area contributed by atoms with E-state index in [2.05, 4.69) is 6.58 Å². The minimum absolute atomic E-state index is 0.00285. The van der Waals surface area contributed by atoms with Gasteiger partial charge in [-0.05, 0) is 92.1 Å². The third-order valence-electron chi connectivity index (χ3n) is 7.42. The molecule has 0 aliphatic heterocycles. The molecular formula is C42H60Cl2O10. The number of rotatable bonds is 18. The molecule has 54 heavy (non-hydrogen) atoms. The molecule has 0 fully saturated rings. The second-order valence-corrected chi connectivity index (χ2v) is 16.0. The van der Waals surface area contributed by atoms with Crippen molar-refractivity contribution in [3.05, 3.63) is 71.2 Å². The molecule has 0 saturated heterocycles. The Morgan fingerprint density at radius 1 is 0.722 bits per heavy atom. The van der Waals surface area contributed by atoms with E-state index in [0.717, 1.165) is 12.2 Å². The molecule has 2 aromatic rings. The summed E-state index contributed by atoms with van der Waals surface area (Å²) in [5.74, 6) is -1.80. The van der Waals surface area contributed by atoms with Gasteiger partial charge >= 0.3 is 23.9 Å². The topological polar surface area (TPSA) is 124 Å². The van der Waals surface area contributed by atoms with Gasteiger partial charge in [0.05, 0.1) is 29.7 Å². The van der Waals surface area contributed by atoms with E-state index in [1.54, 1.807) is 86.6 Å². The number of hydrogen-bond donors (Lipinski definition) is 0. The number of halogens is 2. The fraction of sp³-hybridized carbons (Fsp3) is 0.571. The number of para-hydroxylation sites is 1. The molecule has 0 heterocycles. The first-order chi connectivity index (χ1) is 25.0. The maximum Gasteiger partial charge on any atom is 0.309 e. The van der Waals surface area contributed by atoms with Crippen molar-refractivity contribution in [1.82, 2.24) is 0 Å². The van der Waals surface area contributed by atoms with Crippen LogP contribution in [0.25, 0.3) is 0 Å². The first kappa shape index (κ1) is 48.3. The number of esters is 4. The van der Waals surface area contributed by atoms with Crippen molar-refractivity contribution in [3.63, 3.8) is 0 Å². The van der Waals surface area contributed by atoms with Crippen molar-refractivity contribution >= 4 is 47.1 Å². The van der Waals surface area contributed by atoms with Gasteiger partial charge in [-0.25, -0.2) is 0 Å². The smallest absolute Gasteiger partial charge is 0.309 e. The summed E-state index contributed by atoms with van der Waals surface area (Å²) < 4.78 is 33.5. The highest BCUT2D eigenvalue weighted by molar-refractivity contribution is 6.35. The average Bonchev–Trinajstić information content (AvgIpc) is 3.04. The van der Waals surface area contributed by atoms with Gasteiger partial charge in [0.15, 0.2) is 0 Å². The van der Waals surface area contributed by atoms with Crippen LogP contribution in [0.1, 0.15) is 108 Å². The predicted molar refractivity (Wildman–Crippen MR) is 212 cm³/mol. The van der Waals surface area contributed by atoms with E-state index < -0.39 is 59.1 Å². The molecule has 10 nitrogen and oxygen atoms in total. The summed E-state index contributed by atoms with van der Waals surface area (Å²) in [5.41, 5.74) is -1.17. The Morgan fingerprint density at radius 3 is 1.65 bits per heavy atom. The molecule has 0 aliphatic carbocycles. The molecule has 0 amide bonds. The molecule has 0 aliphatic rings. The van der Waals surface area contributed by atoms with Crippen LogP contribution in [-0.4, -0.2) is 59.5 Å². The van der Waals surface area contributed by atoms with Crippen molar-refractivity contribution in [2.75, 3.05) is 0 Å². The maximum absolute atomic E-state index is 12.4. The number of benzene rings is 2. The van der Waals surface area contributed by atoms with Gasteiger partial charge in [-0.2, -0.15) is 0 Å². The molecule has 6 atom stereocenters. The quantitative estimate of drug-likeness (QED) is 0.0818. The monoisotopic (exact) mass is 794 g/mol. The molecule has 12 heteroatoms. The number of carbonyl (C=O) groups excluding carboxylic acids is 4. The molecule has 2 rings (SSSR count). The van der Waals surface area contributed by atoms with E-state index >= 15 is 0 Å². The van der Waals surface area contributed by atoms with Crippen LogP contribution >= 0.6 is 23.2 Å². The van der Waals surface area contributed by atoms with Crippen LogP contribution in [0, 0.1) is 11.8 Å². The first-order valence-electron chi connectivity index (χ1n) is 18.3. The van der Waals surface area contributed by atoms with E-state index in [-0.39, 0.29) is 25.0 Å². The summed E-state index contributed by atoms with van der Waals surface area (Å²) in [6.07, 6.45) is 1.80. The summed E-state index contributed by atoms with van der Waals surface area (Å²) in [6, 6.07) is 14.3. The Bertz CT molecular complexity index is 1480. The number of carbonyl (C=O) groups is 4. The molecule has 0 unspecified atom stereocenters. The SMILES string of the molecule is C=CC[C@@H](OC(=O)[C@H](C)CC(=O)OC(C)(C)C)[C@H](C)Oc1ccc(Cl)cc1Cl.CCC[C@@H](OC(=O)[C@H](C)CC(=O)OC(C)(C)C)[C@H](C)Oc1ccccc1. The highest BCUT2D eigenvalue weighted by Gasteiger charge is 2.30. The van der Waals surface area contributed by atoms with E-state index in [4.69, 9.17) is 51.6 Å². The molecule has 0 radical (unpaired) electrons. The lowest BCUT2D eigenvalue weighted by Crippen LogP contribution is -2.35. The Hall–Kier alpha value is -3.76. The number of hydrogen-bond acceptors (Lipinski definition) is 10. The normalized spacial score (nSPS) is 14.7. The molecule has 2 aromatic carbocycles. The zero-order chi connectivity index (χ0) is 41.2. The standard InChI is InChI=1S/C21H28Cl2O5.C21H32O5/c1-7-8-17(14(3)26-18-10-9-15(22)12-16(18)23)27-20(25)13(2)11-19(24)28-21(4,5)6;1-7-11-18(16(3)24-17-12-9-8-10-13-17)25-20(23)15(2)14-19(22)26-21(4,5)6/h7,9-10,12-14,17H,1,8,11H2,2-6H3;8-10,12-13,15-16,18H,7,11,14H2,1-6H3/t13-,14+,17-;15-,16+,18-/m11/s1. The largest absolute Gasteiger partial charge is 0.487 e. The van der Waals surface area contributed by atoms with Crippen molar-refractivity contribution < 1.29 is 47.6 Å². The summed E-state index contributed by atoms with van der Waals surface area (Å²) in [5, 5.41) is 0.858. The Morgan fingerprint density at radius 2 is 1.20 bits per heavy atom. The van der Waals surface area contributed by atoms with Crippen molar-refractivity contribution in [3.8, 4) is 11.5 Å². The third kappa shape index (κ3) is 20.1. The summed E-state index contributed by atoms with van der Waals surface area (Å²) in [4.78, 5) is 48.7. The van der Waals surface area contributed by atoms with Gasteiger partial charge < -0.3 is 28.4 Å². The van der Waals surface area contributed by atoms with Crippen molar-refractivity contribution in [1.29, 1.82) is 0 Å². The molecular weight excluding hydrogens is 735 g/mol. The predicted octanol–water partition coefficient (Wildman–Crippen LogP) is 10.2. The van der Waals surface area contributed by atoms with Crippen LogP contribution in [0.15, 0.2) is 61.2 Å². The van der Waals surface area contributed by atoms with Crippen LogP contribution in [0.4, 0.5) is 0 Å². The van der Waals surface area contributed by atoms with Crippen molar-refractivity contribution in [2.24, 2.45) is 11.8 Å². The van der Waals surface area contributed by atoms with Gasteiger partial charge in [-0.15, -0.1) is 6.58 Å². The highest BCUT2D eigenvalue weighted by atomic mass is 35.5. The Labute approximate surface area is 332 Å². The van der Waals surface area contributed by atoms with Gasteiger partial charge in [0.2, 0.25) is 0 Å². The second kappa shape index (κ2) is 23.2. The van der Waals surface area contributed by atoms with Gasteiger partial charge in [0, 0.05) is 11.4 Å². The fourth-order valence-electron chi connectivity index (χ4n) is 4.77. The van der Waals surface area contributed by atoms with Crippen LogP contribution in [0.2, 0.25) is 10.0 Å².